The molecule has 1 heterocycles. The second-order valence-electron chi connectivity index (χ2n) is 6.83. The normalized spacial score (nSPS) is 31.8. The average Bonchev–Trinajstić information content (AvgIpc) is 2.59. The van der Waals surface area contributed by atoms with E-state index in [0.717, 1.165) is 25.7 Å². The standard InChI is InChI=1S/C18H27IO8/c1-10(20)23-9-14-16(24-11(2)21)17(25-12(3)22)15(19)18(27-14)26-13-7-5-4-6-8-13/h13-18H,4-9H2,1-3H3/t14-,15-,16-,17-,18-/m1/s1. The van der Waals surface area contributed by atoms with Gasteiger partial charge >= 0.3 is 17.9 Å². The SMILES string of the molecule is CC(=O)OC[C@H]1O[C@@H](OC2CCCCC2)[C@H](I)[C@@H](OC(C)=O)[C@@H]1OC(C)=O. The molecule has 0 spiro atoms. The van der Waals surface area contributed by atoms with Gasteiger partial charge in [-0.1, -0.05) is 41.9 Å². The van der Waals surface area contributed by atoms with E-state index in [-0.39, 0.29) is 16.6 Å². The van der Waals surface area contributed by atoms with Gasteiger partial charge in [-0.15, -0.1) is 0 Å². The minimum Gasteiger partial charge on any atom is -0.463 e. The van der Waals surface area contributed by atoms with E-state index in [0.29, 0.717) is 0 Å². The number of ether oxygens (including phenoxy) is 5. The lowest BCUT2D eigenvalue weighted by Gasteiger charge is -2.44. The Morgan fingerprint density at radius 2 is 1.52 bits per heavy atom. The van der Waals surface area contributed by atoms with Crippen molar-refractivity contribution in [1.82, 2.24) is 0 Å². The summed E-state index contributed by atoms with van der Waals surface area (Å²) in [5, 5.41) is 0. The van der Waals surface area contributed by atoms with Gasteiger partial charge in [-0.25, -0.2) is 0 Å². The minimum absolute atomic E-state index is 0.0682. The average molecular weight is 498 g/mol. The van der Waals surface area contributed by atoms with Gasteiger partial charge in [0.05, 0.1) is 6.10 Å². The highest BCUT2D eigenvalue weighted by Crippen LogP contribution is 2.34. The van der Waals surface area contributed by atoms with Gasteiger partial charge in [0, 0.05) is 20.8 Å². The Morgan fingerprint density at radius 3 is 2.07 bits per heavy atom. The summed E-state index contributed by atoms with van der Waals surface area (Å²) in [7, 11) is 0. The zero-order valence-corrected chi connectivity index (χ0v) is 18.0. The highest BCUT2D eigenvalue weighted by atomic mass is 127. The zero-order valence-electron chi connectivity index (χ0n) is 15.9. The fraction of sp³-hybridized carbons (Fsp3) is 0.833. The van der Waals surface area contributed by atoms with Crippen LogP contribution in [0.15, 0.2) is 0 Å². The molecular weight excluding hydrogens is 471 g/mol. The molecule has 2 fully saturated rings. The molecular formula is C18H27IO8. The van der Waals surface area contributed by atoms with Gasteiger partial charge in [0.15, 0.2) is 18.5 Å². The van der Waals surface area contributed by atoms with E-state index in [2.05, 4.69) is 22.6 Å². The number of halogens is 1. The summed E-state index contributed by atoms with van der Waals surface area (Å²) < 4.78 is 27.6. The molecule has 0 amide bonds. The van der Waals surface area contributed by atoms with Crippen molar-refractivity contribution in [2.45, 2.75) is 87.5 Å². The molecule has 1 aliphatic carbocycles. The Balaban J connectivity index is 2.19. The van der Waals surface area contributed by atoms with Crippen molar-refractivity contribution in [3.63, 3.8) is 0 Å². The van der Waals surface area contributed by atoms with Crippen molar-refractivity contribution in [2.75, 3.05) is 6.61 Å². The summed E-state index contributed by atoms with van der Waals surface area (Å²) in [6.45, 7) is 3.71. The van der Waals surface area contributed by atoms with Gasteiger partial charge in [-0.2, -0.15) is 0 Å². The topological polar surface area (TPSA) is 97.4 Å². The molecule has 8 nitrogen and oxygen atoms in total. The monoisotopic (exact) mass is 498 g/mol. The van der Waals surface area contributed by atoms with Crippen molar-refractivity contribution in [3.8, 4) is 0 Å². The third kappa shape index (κ3) is 6.86. The lowest BCUT2D eigenvalue weighted by molar-refractivity contribution is -0.272. The predicted octanol–water partition coefficient (Wildman–Crippen LogP) is 2.29. The number of carbonyl (C=O) groups excluding carboxylic acids is 3. The second-order valence-corrected chi connectivity index (χ2v) is 8.27. The summed E-state index contributed by atoms with van der Waals surface area (Å²) in [5.41, 5.74) is 0. The Morgan fingerprint density at radius 1 is 0.926 bits per heavy atom. The molecule has 1 saturated heterocycles. The molecule has 0 aromatic carbocycles. The maximum absolute atomic E-state index is 11.6. The van der Waals surface area contributed by atoms with Gasteiger partial charge in [0.25, 0.3) is 0 Å². The molecule has 0 bridgehead atoms. The van der Waals surface area contributed by atoms with Crippen LogP contribution in [0.4, 0.5) is 0 Å². The quantitative estimate of drug-likeness (QED) is 0.238. The van der Waals surface area contributed by atoms with E-state index >= 15 is 0 Å². The van der Waals surface area contributed by atoms with Crippen LogP contribution in [-0.4, -0.2) is 59.1 Å². The molecule has 0 N–H and O–H groups in total. The number of hydrogen-bond donors (Lipinski definition) is 0. The first kappa shape index (κ1) is 22.4. The van der Waals surface area contributed by atoms with Crippen LogP contribution < -0.4 is 0 Å². The molecule has 154 valence electrons. The van der Waals surface area contributed by atoms with Gasteiger partial charge in [0.1, 0.15) is 16.6 Å². The maximum atomic E-state index is 11.6. The number of alkyl halides is 1. The van der Waals surface area contributed by atoms with Crippen LogP contribution in [0.5, 0.6) is 0 Å². The Hall–Kier alpha value is -0.940. The molecule has 0 aromatic heterocycles. The first-order valence-corrected chi connectivity index (χ1v) is 10.4. The first-order chi connectivity index (χ1) is 12.8. The number of rotatable bonds is 6. The van der Waals surface area contributed by atoms with Crippen LogP contribution in [0.25, 0.3) is 0 Å². The van der Waals surface area contributed by atoms with E-state index in [4.69, 9.17) is 23.7 Å². The van der Waals surface area contributed by atoms with E-state index in [1.165, 1.54) is 27.2 Å². The number of carbonyl (C=O) groups is 3. The molecule has 2 rings (SSSR count). The van der Waals surface area contributed by atoms with Crippen molar-refractivity contribution in [1.29, 1.82) is 0 Å². The predicted molar refractivity (Wildman–Crippen MR) is 102 cm³/mol. The molecule has 2 aliphatic rings. The van der Waals surface area contributed by atoms with E-state index in [1.807, 2.05) is 0 Å². The number of esters is 3. The van der Waals surface area contributed by atoms with E-state index in [9.17, 15) is 14.4 Å². The Kier molecular flexibility index (Phi) is 8.74. The van der Waals surface area contributed by atoms with Gasteiger partial charge in [0.2, 0.25) is 0 Å². The lowest BCUT2D eigenvalue weighted by atomic mass is 9.97. The van der Waals surface area contributed by atoms with Crippen LogP contribution in [0, 0.1) is 0 Å². The fourth-order valence-electron chi connectivity index (χ4n) is 3.36. The smallest absolute Gasteiger partial charge is 0.303 e. The molecule has 0 aromatic rings. The third-order valence-electron chi connectivity index (χ3n) is 4.51. The largest absolute Gasteiger partial charge is 0.463 e. The van der Waals surface area contributed by atoms with Crippen molar-refractivity contribution in [2.24, 2.45) is 0 Å². The maximum Gasteiger partial charge on any atom is 0.303 e. The minimum atomic E-state index is -0.890. The summed E-state index contributed by atoms with van der Waals surface area (Å²) in [5.74, 6) is -1.52. The Labute approximate surface area is 172 Å². The Bertz CT molecular complexity index is 533. The third-order valence-corrected chi connectivity index (χ3v) is 5.80. The van der Waals surface area contributed by atoms with Gasteiger partial charge < -0.3 is 23.7 Å². The van der Waals surface area contributed by atoms with Crippen LogP contribution in [0.2, 0.25) is 0 Å². The summed E-state index contributed by atoms with van der Waals surface area (Å²) >= 11 is 2.10. The van der Waals surface area contributed by atoms with E-state index < -0.39 is 42.5 Å². The summed E-state index contributed by atoms with van der Waals surface area (Å²) in [6, 6.07) is 0. The molecule has 0 unspecified atom stereocenters. The summed E-state index contributed by atoms with van der Waals surface area (Å²) in [6.07, 6.45) is 2.25. The number of hydrogen-bond acceptors (Lipinski definition) is 8. The van der Waals surface area contributed by atoms with Gasteiger partial charge in [-0.05, 0) is 12.8 Å². The molecule has 9 heteroatoms. The van der Waals surface area contributed by atoms with Crippen LogP contribution in [-0.2, 0) is 38.1 Å². The van der Waals surface area contributed by atoms with Crippen LogP contribution >= 0.6 is 22.6 Å². The van der Waals surface area contributed by atoms with Crippen LogP contribution in [0.3, 0.4) is 0 Å². The zero-order chi connectivity index (χ0) is 20.0. The molecule has 1 aliphatic heterocycles. The van der Waals surface area contributed by atoms with Gasteiger partial charge in [-0.3, -0.25) is 14.4 Å². The van der Waals surface area contributed by atoms with Crippen molar-refractivity contribution in [3.05, 3.63) is 0 Å². The van der Waals surface area contributed by atoms with Crippen molar-refractivity contribution >= 4 is 40.5 Å². The molecule has 0 radical (unpaired) electrons. The molecule has 1 saturated carbocycles. The molecule has 27 heavy (non-hydrogen) atoms. The lowest BCUT2D eigenvalue weighted by Crippen LogP contribution is -2.60. The fourth-order valence-corrected chi connectivity index (χ4v) is 4.26. The molecule has 5 atom stereocenters. The van der Waals surface area contributed by atoms with Crippen molar-refractivity contribution < 1.29 is 38.1 Å². The van der Waals surface area contributed by atoms with Crippen LogP contribution in [0.1, 0.15) is 52.9 Å². The highest BCUT2D eigenvalue weighted by Gasteiger charge is 2.50. The highest BCUT2D eigenvalue weighted by molar-refractivity contribution is 14.1. The van der Waals surface area contributed by atoms with E-state index in [1.54, 1.807) is 0 Å². The first-order valence-electron chi connectivity index (χ1n) is 9.20. The second kappa shape index (κ2) is 10.6. The summed E-state index contributed by atoms with van der Waals surface area (Å²) in [4.78, 5) is 34.4.